The van der Waals surface area contributed by atoms with Gasteiger partial charge in [0.2, 0.25) is 0 Å². The standard InChI is InChI=1S/C16H13F3N4O.C12H17NS/c17-16(18,19)24-14-7-5-13(6-8-14)22-10-23-15(21)12-3-1-11(9-20)2-4-12;1-4-9(2)11-7-5-6-8-12(11)13-10(3)14/h1-10,20H,(H2,21,22,23);5-9H,4H2,1-3H3,(H,13,14). The number of ether oxygens (including phenoxy) is 1. The number of para-hydroxylation sites is 1. The lowest BCUT2D eigenvalue weighted by Crippen LogP contribution is -2.16. The second-order valence-electron chi connectivity index (χ2n) is 8.14. The molecule has 0 heterocycles. The third-order valence-electron chi connectivity index (χ3n) is 5.26. The second-order valence-corrected chi connectivity index (χ2v) is 8.76. The average molecular weight is 542 g/mol. The number of hydrogen-bond acceptors (Lipinski definition) is 4. The molecular formula is C28H30F3N5OS. The van der Waals surface area contributed by atoms with Crippen molar-refractivity contribution in [1.82, 2.24) is 0 Å². The molecule has 0 amide bonds. The van der Waals surface area contributed by atoms with Crippen LogP contribution in [0, 0.1) is 5.41 Å². The maximum atomic E-state index is 12.0. The van der Waals surface area contributed by atoms with Gasteiger partial charge in [0.05, 0.1) is 10.7 Å². The van der Waals surface area contributed by atoms with Gasteiger partial charge in [-0.1, -0.05) is 68.5 Å². The Balaban J connectivity index is 0.000000308. The van der Waals surface area contributed by atoms with E-state index in [-0.39, 0.29) is 11.6 Å². The number of nitrogens with zero attached hydrogens (tertiary/aromatic N) is 2. The predicted octanol–water partition coefficient (Wildman–Crippen LogP) is 7.61. The Morgan fingerprint density at radius 1 is 1.08 bits per heavy atom. The van der Waals surface area contributed by atoms with E-state index in [2.05, 4.69) is 52.1 Å². The van der Waals surface area contributed by atoms with Crippen LogP contribution in [-0.4, -0.2) is 29.7 Å². The Morgan fingerprint density at radius 3 is 2.26 bits per heavy atom. The lowest BCUT2D eigenvalue weighted by molar-refractivity contribution is -0.274. The highest BCUT2D eigenvalue weighted by atomic mass is 32.1. The molecule has 0 aliphatic rings. The van der Waals surface area contributed by atoms with E-state index in [1.807, 2.05) is 13.0 Å². The zero-order valence-electron chi connectivity index (χ0n) is 21.3. The summed E-state index contributed by atoms with van der Waals surface area (Å²) in [5.41, 5.74) is 10.1. The number of thiocarbonyl (C=S) groups is 1. The van der Waals surface area contributed by atoms with Crippen molar-refractivity contribution >= 4 is 47.0 Å². The summed E-state index contributed by atoms with van der Waals surface area (Å²) >= 11 is 5.05. The first-order chi connectivity index (χ1) is 18.0. The fourth-order valence-corrected chi connectivity index (χ4v) is 3.28. The predicted molar refractivity (Wildman–Crippen MR) is 153 cm³/mol. The molecule has 1 unspecified atom stereocenters. The first-order valence-corrected chi connectivity index (χ1v) is 12.1. The van der Waals surface area contributed by atoms with Crippen LogP contribution in [0.25, 0.3) is 0 Å². The lowest BCUT2D eigenvalue weighted by Gasteiger charge is -2.15. The van der Waals surface area contributed by atoms with Crippen molar-refractivity contribution in [2.24, 2.45) is 15.7 Å². The largest absolute Gasteiger partial charge is 0.573 e. The van der Waals surface area contributed by atoms with Crippen molar-refractivity contribution in [3.05, 3.63) is 89.5 Å². The number of nitrogens with two attached hydrogens (primary N) is 1. The van der Waals surface area contributed by atoms with Crippen LogP contribution in [0.1, 0.15) is 49.8 Å². The van der Waals surface area contributed by atoms with Crippen LogP contribution in [0.5, 0.6) is 5.75 Å². The molecule has 3 rings (SSSR count). The van der Waals surface area contributed by atoms with Crippen molar-refractivity contribution in [2.45, 2.75) is 39.5 Å². The molecule has 0 aliphatic heterocycles. The van der Waals surface area contributed by atoms with E-state index in [0.717, 1.165) is 34.8 Å². The van der Waals surface area contributed by atoms with Crippen LogP contribution in [0.15, 0.2) is 82.8 Å². The van der Waals surface area contributed by atoms with Gasteiger partial charge >= 0.3 is 6.36 Å². The van der Waals surface area contributed by atoms with Gasteiger partial charge in [-0.3, -0.25) is 0 Å². The summed E-state index contributed by atoms with van der Waals surface area (Å²) in [4.78, 5) is 8.76. The highest BCUT2D eigenvalue weighted by Gasteiger charge is 2.30. The van der Waals surface area contributed by atoms with Crippen LogP contribution in [0.2, 0.25) is 0 Å². The maximum absolute atomic E-state index is 12.0. The molecule has 38 heavy (non-hydrogen) atoms. The number of nitrogens with one attached hydrogen (secondary N) is 2. The zero-order chi connectivity index (χ0) is 28.1. The number of alkyl halides is 3. The van der Waals surface area contributed by atoms with Gasteiger partial charge in [-0.25, -0.2) is 9.98 Å². The number of aliphatic imine (C=N–C) groups is 2. The fraction of sp³-hybridized carbons (Fsp3) is 0.214. The molecule has 1 atom stereocenters. The number of anilines is 1. The summed E-state index contributed by atoms with van der Waals surface area (Å²) in [7, 11) is 0. The molecule has 0 bridgehead atoms. The minimum atomic E-state index is -4.73. The van der Waals surface area contributed by atoms with Gasteiger partial charge in [-0.2, -0.15) is 0 Å². The number of amidine groups is 1. The number of halogens is 3. The molecule has 0 saturated heterocycles. The number of benzene rings is 3. The summed E-state index contributed by atoms with van der Waals surface area (Å²) in [5.74, 6) is 0.483. The molecule has 0 spiro atoms. The minimum absolute atomic E-state index is 0.229. The van der Waals surface area contributed by atoms with E-state index in [9.17, 15) is 13.2 Å². The smallest absolute Gasteiger partial charge is 0.406 e. The SMILES string of the molecule is CCC(C)c1ccccc1NC(C)=S.N=Cc1ccc(C(N)=NC=Nc2ccc(OC(F)(F)F)cc2)cc1. The molecule has 0 radical (unpaired) electrons. The number of rotatable bonds is 8. The first-order valence-electron chi connectivity index (χ1n) is 11.7. The normalized spacial score (nSPS) is 12.3. The fourth-order valence-electron chi connectivity index (χ4n) is 3.17. The average Bonchev–Trinajstić information content (AvgIpc) is 2.89. The van der Waals surface area contributed by atoms with Gasteiger partial charge in [-0.05, 0) is 60.7 Å². The van der Waals surface area contributed by atoms with Crippen molar-refractivity contribution in [3.8, 4) is 5.75 Å². The van der Waals surface area contributed by atoms with Crippen molar-refractivity contribution in [1.29, 1.82) is 5.41 Å². The molecule has 0 fully saturated rings. The highest BCUT2D eigenvalue weighted by molar-refractivity contribution is 7.80. The number of hydrogen-bond donors (Lipinski definition) is 3. The van der Waals surface area contributed by atoms with E-state index >= 15 is 0 Å². The van der Waals surface area contributed by atoms with Gasteiger partial charge in [-0.15, -0.1) is 13.2 Å². The highest BCUT2D eigenvalue weighted by Crippen LogP contribution is 2.26. The Bertz CT molecular complexity index is 1260. The summed E-state index contributed by atoms with van der Waals surface area (Å²) in [6.45, 7) is 6.34. The third-order valence-corrected chi connectivity index (χ3v) is 5.36. The molecule has 3 aromatic carbocycles. The van der Waals surface area contributed by atoms with Crippen molar-refractivity contribution < 1.29 is 17.9 Å². The van der Waals surface area contributed by atoms with Crippen LogP contribution in [0.3, 0.4) is 0 Å². The molecule has 6 nitrogen and oxygen atoms in total. The molecule has 3 aromatic rings. The Hall–Kier alpha value is -4.05. The van der Waals surface area contributed by atoms with E-state index in [4.69, 9.17) is 23.4 Å². The summed E-state index contributed by atoms with van der Waals surface area (Å²) in [6, 6.07) is 20.3. The van der Waals surface area contributed by atoms with Crippen molar-refractivity contribution in [3.63, 3.8) is 0 Å². The van der Waals surface area contributed by atoms with Gasteiger partial charge in [0.25, 0.3) is 0 Å². The Labute approximate surface area is 226 Å². The molecule has 0 aliphatic carbocycles. The quantitative estimate of drug-likeness (QED) is 0.155. The molecular weight excluding hydrogens is 511 g/mol. The van der Waals surface area contributed by atoms with Crippen LogP contribution in [0.4, 0.5) is 24.5 Å². The van der Waals surface area contributed by atoms with Crippen LogP contribution < -0.4 is 15.8 Å². The van der Waals surface area contributed by atoms with E-state index in [1.54, 1.807) is 24.3 Å². The molecule has 10 heteroatoms. The third kappa shape index (κ3) is 10.5. The summed E-state index contributed by atoms with van der Waals surface area (Å²) < 4.78 is 39.9. The summed E-state index contributed by atoms with van der Waals surface area (Å²) in [5, 5.41) is 10.3. The van der Waals surface area contributed by atoms with E-state index in [1.165, 1.54) is 30.2 Å². The molecule has 200 valence electrons. The Morgan fingerprint density at radius 2 is 1.71 bits per heavy atom. The van der Waals surface area contributed by atoms with E-state index in [0.29, 0.717) is 17.2 Å². The monoisotopic (exact) mass is 541 g/mol. The molecule has 0 saturated carbocycles. The molecule has 0 aromatic heterocycles. The van der Waals surface area contributed by atoms with Gasteiger partial charge in [0.1, 0.15) is 17.9 Å². The van der Waals surface area contributed by atoms with E-state index < -0.39 is 6.36 Å². The zero-order valence-corrected chi connectivity index (χ0v) is 22.1. The van der Waals surface area contributed by atoms with Crippen molar-refractivity contribution in [2.75, 3.05) is 5.32 Å². The minimum Gasteiger partial charge on any atom is -0.406 e. The first kappa shape index (κ1) is 30.2. The van der Waals surface area contributed by atoms with Gasteiger partial charge in [0.15, 0.2) is 0 Å². The maximum Gasteiger partial charge on any atom is 0.573 e. The summed E-state index contributed by atoms with van der Waals surface area (Å²) in [6.07, 6.45) is -1.16. The molecule has 4 N–H and O–H groups in total. The van der Waals surface area contributed by atoms with Gasteiger partial charge < -0.3 is 21.2 Å². The van der Waals surface area contributed by atoms with Crippen LogP contribution >= 0.6 is 12.2 Å². The lowest BCUT2D eigenvalue weighted by atomic mass is 9.97. The van der Waals surface area contributed by atoms with Gasteiger partial charge in [0, 0.05) is 17.5 Å². The Kier molecular flexibility index (Phi) is 11.6. The second kappa shape index (κ2) is 14.6. The topological polar surface area (TPSA) is 95.9 Å². The van der Waals surface area contributed by atoms with Crippen LogP contribution in [-0.2, 0) is 0 Å².